The van der Waals surface area contributed by atoms with Gasteiger partial charge in [0.1, 0.15) is 0 Å². The van der Waals surface area contributed by atoms with Crippen LogP contribution < -0.4 is 0 Å². The van der Waals surface area contributed by atoms with Gasteiger partial charge in [0, 0.05) is 18.3 Å². The normalized spacial score (nSPS) is 11.3. The Morgan fingerprint density at radius 1 is 1.36 bits per heavy atom. The van der Waals surface area contributed by atoms with Crippen molar-refractivity contribution >= 4 is 0 Å². The largest absolute Gasteiger partial charge is 0.264 e. The average molecular weight is 161 g/mol. The van der Waals surface area contributed by atoms with E-state index in [4.69, 9.17) is 0 Å². The molecular formula is C8H19NO2. The van der Waals surface area contributed by atoms with Gasteiger partial charge in [-0.15, -0.1) is 0 Å². The van der Waals surface area contributed by atoms with Gasteiger partial charge in [0.2, 0.25) is 6.04 Å². The van der Waals surface area contributed by atoms with Crippen LogP contribution >= 0.6 is 0 Å². The van der Waals surface area contributed by atoms with E-state index in [0.717, 1.165) is 6.42 Å². The summed E-state index contributed by atoms with van der Waals surface area (Å²) < 4.78 is 0. The zero-order valence-electron chi connectivity index (χ0n) is 7.96. The lowest BCUT2D eigenvalue weighted by molar-refractivity contribution is -0.518. The van der Waals surface area contributed by atoms with Crippen LogP contribution in [0, 0.1) is 10.1 Å². The zero-order valence-corrected chi connectivity index (χ0v) is 7.96. The van der Waals surface area contributed by atoms with E-state index in [1.54, 1.807) is 6.92 Å². The Morgan fingerprint density at radius 3 is 1.82 bits per heavy atom. The van der Waals surface area contributed by atoms with Crippen LogP contribution in [0.2, 0.25) is 0 Å². The van der Waals surface area contributed by atoms with Gasteiger partial charge in [0.25, 0.3) is 0 Å². The fourth-order valence-corrected chi connectivity index (χ4v) is 0.523. The summed E-state index contributed by atoms with van der Waals surface area (Å²) in [5.41, 5.74) is 0. The predicted octanol–water partition coefficient (Wildman–Crippen LogP) is 2.87. The minimum atomic E-state index is -0.361. The van der Waals surface area contributed by atoms with Crippen LogP contribution in [-0.4, -0.2) is 11.0 Å². The molecule has 11 heavy (non-hydrogen) atoms. The molecule has 0 N–H and O–H groups in total. The quantitative estimate of drug-likeness (QED) is 0.472. The number of hydrogen-bond acceptors (Lipinski definition) is 2. The molecule has 0 amide bonds. The minimum absolute atomic E-state index is 0.247. The fraction of sp³-hybridized carbons (Fsp3) is 1.00. The van der Waals surface area contributed by atoms with E-state index in [9.17, 15) is 10.1 Å². The van der Waals surface area contributed by atoms with Crippen LogP contribution in [0.25, 0.3) is 0 Å². The molecule has 0 aromatic heterocycles. The third-order valence-electron chi connectivity index (χ3n) is 1.07. The molecule has 0 spiro atoms. The molecule has 0 bridgehead atoms. The smallest absolute Gasteiger partial charge is 0.210 e. The lowest BCUT2D eigenvalue weighted by Crippen LogP contribution is -2.13. The van der Waals surface area contributed by atoms with Gasteiger partial charge in [-0.05, 0) is 6.42 Å². The van der Waals surface area contributed by atoms with Gasteiger partial charge >= 0.3 is 0 Å². The third kappa shape index (κ3) is 12.6. The maximum atomic E-state index is 9.89. The molecule has 0 aromatic rings. The molecule has 0 radical (unpaired) electrons. The zero-order chi connectivity index (χ0) is 9.28. The molecule has 3 heteroatoms. The number of rotatable bonds is 3. The van der Waals surface area contributed by atoms with Crippen molar-refractivity contribution in [3.05, 3.63) is 10.1 Å². The van der Waals surface area contributed by atoms with Crippen molar-refractivity contribution in [1.29, 1.82) is 0 Å². The Labute approximate surface area is 69.0 Å². The van der Waals surface area contributed by atoms with Crippen molar-refractivity contribution in [2.24, 2.45) is 0 Å². The molecule has 0 aliphatic heterocycles. The highest BCUT2D eigenvalue weighted by molar-refractivity contribution is 4.44. The summed E-state index contributed by atoms with van der Waals surface area (Å²) >= 11 is 0. The number of hydrogen-bond donors (Lipinski definition) is 0. The summed E-state index contributed by atoms with van der Waals surface area (Å²) in [6, 6.07) is -0.361. The van der Waals surface area contributed by atoms with Crippen molar-refractivity contribution < 1.29 is 4.92 Å². The second-order valence-electron chi connectivity index (χ2n) is 2.63. The highest BCUT2D eigenvalue weighted by atomic mass is 16.6. The second kappa shape index (κ2) is 9.40. The first-order valence-electron chi connectivity index (χ1n) is 4.23. The van der Waals surface area contributed by atoms with Crippen molar-refractivity contribution in [2.45, 2.75) is 53.0 Å². The topological polar surface area (TPSA) is 43.1 Å². The van der Waals surface area contributed by atoms with Crippen LogP contribution in [0.15, 0.2) is 0 Å². The Balaban J connectivity index is 0. The van der Waals surface area contributed by atoms with Crippen LogP contribution in [-0.2, 0) is 0 Å². The molecule has 1 unspecified atom stereocenters. The summed E-state index contributed by atoms with van der Waals surface area (Å²) in [5.74, 6) is 0. The maximum Gasteiger partial charge on any atom is 0.210 e. The van der Waals surface area contributed by atoms with Gasteiger partial charge in [-0.25, -0.2) is 0 Å². The van der Waals surface area contributed by atoms with Crippen molar-refractivity contribution in [2.75, 3.05) is 0 Å². The molecular weight excluding hydrogens is 142 g/mol. The molecule has 0 heterocycles. The summed E-state index contributed by atoms with van der Waals surface area (Å²) in [5, 5.41) is 9.89. The molecule has 0 aliphatic rings. The SMILES string of the molecule is CCC.CCCC(C)[N+](=O)[O-]. The summed E-state index contributed by atoms with van der Waals surface area (Å²) in [6.45, 7) is 7.82. The first-order valence-corrected chi connectivity index (χ1v) is 4.23. The van der Waals surface area contributed by atoms with E-state index in [2.05, 4.69) is 13.8 Å². The Bertz CT molecular complexity index is 94.1. The Kier molecular flexibility index (Phi) is 11.1. The van der Waals surface area contributed by atoms with E-state index >= 15 is 0 Å². The summed E-state index contributed by atoms with van der Waals surface area (Å²) in [7, 11) is 0. The maximum absolute atomic E-state index is 9.89. The lowest BCUT2D eigenvalue weighted by atomic mass is 10.2. The Hall–Kier alpha value is -0.600. The fourth-order valence-electron chi connectivity index (χ4n) is 0.523. The molecule has 0 aliphatic carbocycles. The van der Waals surface area contributed by atoms with Crippen molar-refractivity contribution in [3.63, 3.8) is 0 Å². The molecule has 68 valence electrons. The van der Waals surface area contributed by atoms with Gasteiger partial charge in [-0.2, -0.15) is 0 Å². The van der Waals surface area contributed by atoms with Crippen LogP contribution in [0.3, 0.4) is 0 Å². The van der Waals surface area contributed by atoms with Crippen molar-refractivity contribution in [1.82, 2.24) is 0 Å². The highest BCUT2D eigenvalue weighted by Crippen LogP contribution is 1.97. The minimum Gasteiger partial charge on any atom is -0.264 e. The standard InChI is InChI=1S/C5H11NO2.C3H8/c1-3-4-5(2)6(7)8;1-3-2/h5H,3-4H2,1-2H3;3H2,1-2H3. The van der Waals surface area contributed by atoms with Gasteiger partial charge in [-0.1, -0.05) is 27.2 Å². The second-order valence-corrected chi connectivity index (χ2v) is 2.63. The van der Waals surface area contributed by atoms with E-state index in [1.165, 1.54) is 6.42 Å². The predicted molar refractivity (Wildman–Crippen MR) is 47.3 cm³/mol. The first kappa shape index (κ1) is 13.0. The molecule has 0 aromatic carbocycles. The van der Waals surface area contributed by atoms with Crippen LogP contribution in [0.1, 0.15) is 47.0 Å². The van der Waals surface area contributed by atoms with E-state index in [-0.39, 0.29) is 11.0 Å². The molecule has 0 rings (SSSR count). The van der Waals surface area contributed by atoms with Gasteiger partial charge in [0.05, 0.1) is 0 Å². The van der Waals surface area contributed by atoms with Gasteiger partial charge < -0.3 is 0 Å². The van der Waals surface area contributed by atoms with Crippen LogP contribution in [0.5, 0.6) is 0 Å². The first-order chi connectivity index (χ1) is 5.09. The molecule has 0 fully saturated rings. The van der Waals surface area contributed by atoms with E-state index < -0.39 is 0 Å². The Morgan fingerprint density at radius 2 is 1.73 bits per heavy atom. The van der Waals surface area contributed by atoms with Crippen molar-refractivity contribution in [3.8, 4) is 0 Å². The molecule has 1 atom stereocenters. The highest BCUT2D eigenvalue weighted by Gasteiger charge is 2.08. The number of nitrogens with zero attached hydrogens (tertiary/aromatic N) is 1. The molecule has 3 nitrogen and oxygen atoms in total. The van der Waals surface area contributed by atoms with E-state index in [1.807, 2.05) is 6.92 Å². The summed E-state index contributed by atoms with van der Waals surface area (Å²) in [4.78, 5) is 9.65. The van der Waals surface area contributed by atoms with Gasteiger partial charge in [0.15, 0.2) is 0 Å². The number of nitro groups is 1. The summed E-state index contributed by atoms with van der Waals surface area (Å²) in [6.07, 6.45) is 2.83. The lowest BCUT2D eigenvalue weighted by Gasteiger charge is -1.97. The monoisotopic (exact) mass is 161 g/mol. The third-order valence-corrected chi connectivity index (χ3v) is 1.07. The van der Waals surface area contributed by atoms with Crippen LogP contribution in [0.4, 0.5) is 0 Å². The average Bonchev–Trinajstić information content (AvgIpc) is 1.90. The molecule has 0 saturated heterocycles. The van der Waals surface area contributed by atoms with E-state index in [0.29, 0.717) is 6.42 Å². The van der Waals surface area contributed by atoms with Gasteiger partial charge in [-0.3, -0.25) is 10.1 Å². The molecule has 0 saturated carbocycles.